The van der Waals surface area contributed by atoms with Crippen molar-refractivity contribution in [3.05, 3.63) is 134 Å². The van der Waals surface area contributed by atoms with Crippen LogP contribution in [0.1, 0.15) is 48.0 Å². The Bertz CT molecular complexity index is 1520. The maximum atomic E-state index is 13.2. The van der Waals surface area contributed by atoms with Crippen molar-refractivity contribution in [1.29, 1.82) is 0 Å². The molecule has 47 heavy (non-hydrogen) atoms. The lowest BCUT2D eigenvalue weighted by molar-refractivity contribution is -0.0192. The molecule has 0 unspecified atom stereocenters. The van der Waals surface area contributed by atoms with Gasteiger partial charge in [0.1, 0.15) is 6.10 Å². The van der Waals surface area contributed by atoms with E-state index in [0.717, 1.165) is 20.7 Å². The zero-order valence-electron chi connectivity index (χ0n) is 28.5. The summed E-state index contributed by atoms with van der Waals surface area (Å²) < 4.78 is 26.8. The first-order valence-corrected chi connectivity index (χ1v) is 20.3. The average molecular weight is 665 g/mol. The van der Waals surface area contributed by atoms with Crippen LogP contribution in [0.4, 0.5) is 4.79 Å². The first-order chi connectivity index (χ1) is 22.4. The van der Waals surface area contributed by atoms with E-state index in [1.807, 2.05) is 24.3 Å². The van der Waals surface area contributed by atoms with Crippen LogP contribution in [0.15, 0.2) is 134 Å². The fourth-order valence-electron chi connectivity index (χ4n) is 7.08. The van der Waals surface area contributed by atoms with Crippen molar-refractivity contribution < 1.29 is 23.1 Å². The highest BCUT2D eigenvalue weighted by atomic mass is 28.4. The van der Waals surface area contributed by atoms with Gasteiger partial charge in [-0.25, -0.2) is 4.79 Å². The second-order valence-electron chi connectivity index (χ2n) is 14.3. The number of hydrogen-bond acceptors (Lipinski definition) is 5. The van der Waals surface area contributed by atoms with Gasteiger partial charge in [-0.1, -0.05) is 176 Å². The van der Waals surface area contributed by atoms with Crippen molar-refractivity contribution >= 4 is 43.5 Å². The Kier molecular flexibility index (Phi) is 10.4. The quantitative estimate of drug-likeness (QED) is 0.104. The lowest BCUT2D eigenvalue weighted by atomic mass is 10.1. The van der Waals surface area contributed by atoms with Gasteiger partial charge in [0.25, 0.3) is 16.6 Å². The highest BCUT2D eigenvalue weighted by molar-refractivity contribution is 7.00. The summed E-state index contributed by atoms with van der Waals surface area (Å²) in [4.78, 5) is 13.2. The van der Waals surface area contributed by atoms with E-state index in [-0.39, 0.29) is 16.7 Å². The minimum absolute atomic E-state index is 0.148. The molecule has 1 aliphatic heterocycles. The summed E-state index contributed by atoms with van der Waals surface area (Å²) in [5, 5.41) is 4.08. The molecule has 7 heteroatoms. The van der Waals surface area contributed by atoms with E-state index < -0.39 is 41.1 Å². The Labute approximate surface area is 282 Å². The fourth-order valence-corrected chi connectivity index (χ4v) is 16.4. The summed E-state index contributed by atoms with van der Waals surface area (Å²) in [6, 6.07) is 42.0. The monoisotopic (exact) mass is 664 g/mol. The van der Waals surface area contributed by atoms with Crippen molar-refractivity contribution in [2.75, 3.05) is 6.61 Å². The van der Waals surface area contributed by atoms with E-state index in [9.17, 15) is 4.79 Å². The third-order valence-electron chi connectivity index (χ3n) is 9.26. The molecule has 1 aliphatic rings. The van der Waals surface area contributed by atoms with Crippen LogP contribution in [-0.4, -0.2) is 47.7 Å². The molecule has 0 spiro atoms. The van der Waals surface area contributed by atoms with Gasteiger partial charge in [-0.15, -0.1) is 0 Å². The molecule has 4 aromatic carbocycles. The van der Waals surface area contributed by atoms with Gasteiger partial charge < -0.3 is 18.3 Å². The Balaban J connectivity index is 1.64. The van der Waals surface area contributed by atoms with Gasteiger partial charge in [0.2, 0.25) is 0 Å². The van der Waals surface area contributed by atoms with Crippen molar-refractivity contribution in [1.82, 2.24) is 0 Å². The number of hydrogen-bond donors (Lipinski definition) is 0. The molecule has 1 heterocycles. The maximum Gasteiger partial charge on any atom is 0.509 e. The van der Waals surface area contributed by atoms with Crippen LogP contribution in [0.3, 0.4) is 0 Å². The molecule has 1 saturated heterocycles. The molecule has 4 aromatic rings. The number of rotatable bonds is 10. The van der Waals surface area contributed by atoms with Gasteiger partial charge in [-0.2, -0.15) is 0 Å². The summed E-state index contributed by atoms with van der Waals surface area (Å²) in [5.74, 6) is 0. The molecular formula is C40H48O5Si2. The second-order valence-corrected chi connectivity index (χ2v) is 22.9. The maximum absolute atomic E-state index is 13.2. The Hall–Kier alpha value is -3.76. The SMILES string of the molecule is C=C[C@@H]1C[C@H](O[Si](c2ccccc2)(c2ccccc2)C(C)(C)C)[C@@H](CO[Si](c2ccccc2)(c2ccccc2)C(C)(C)C)OC(=O)O1. The van der Waals surface area contributed by atoms with E-state index in [4.69, 9.17) is 18.3 Å². The van der Waals surface area contributed by atoms with E-state index >= 15 is 0 Å². The van der Waals surface area contributed by atoms with Crippen LogP contribution >= 0.6 is 0 Å². The first-order valence-electron chi connectivity index (χ1n) is 16.5. The van der Waals surface area contributed by atoms with Crippen molar-refractivity contribution in [3.8, 4) is 0 Å². The molecule has 0 N–H and O–H groups in total. The van der Waals surface area contributed by atoms with Gasteiger partial charge in [0, 0.05) is 6.42 Å². The van der Waals surface area contributed by atoms with Crippen LogP contribution in [0.25, 0.3) is 0 Å². The molecule has 0 aromatic heterocycles. The van der Waals surface area contributed by atoms with Crippen LogP contribution in [0, 0.1) is 0 Å². The molecule has 1 fully saturated rings. The molecule has 0 aliphatic carbocycles. The zero-order valence-corrected chi connectivity index (χ0v) is 30.5. The smallest absolute Gasteiger partial charge is 0.427 e. The number of benzene rings is 4. The Morgan fingerprint density at radius 3 is 1.40 bits per heavy atom. The van der Waals surface area contributed by atoms with Crippen molar-refractivity contribution in [2.45, 2.75) is 76.4 Å². The van der Waals surface area contributed by atoms with Crippen LogP contribution in [0.2, 0.25) is 10.1 Å². The summed E-state index contributed by atoms with van der Waals surface area (Å²) in [6.07, 6.45) is -0.504. The molecule has 3 atom stereocenters. The van der Waals surface area contributed by atoms with Crippen LogP contribution in [-0.2, 0) is 18.3 Å². The first kappa shape index (κ1) is 34.6. The molecule has 5 rings (SSSR count). The molecule has 5 nitrogen and oxygen atoms in total. The summed E-state index contributed by atoms with van der Waals surface area (Å²) >= 11 is 0. The Morgan fingerprint density at radius 1 is 0.660 bits per heavy atom. The minimum Gasteiger partial charge on any atom is -0.427 e. The summed E-state index contributed by atoms with van der Waals surface area (Å²) in [6.45, 7) is 17.6. The van der Waals surface area contributed by atoms with Crippen molar-refractivity contribution in [3.63, 3.8) is 0 Å². The van der Waals surface area contributed by atoms with E-state index in [1.165, 1.54) is 0 Å². The van der Waals surface area contributed by atoms with Gasteiger partial charge in [-0.05, 0) is 30.8 Å². The van der Waals surface area contributed by atoms with Gasteiger partial charge in [-0.3, -0.25) is 0 Å². The lowest BCUT2D eigenvalue weighted by Gasteiger charge is -2.47. The lowest BCUT2D eigenvalue weighted by Crippen LogP contribution is -2.69. The normalized spacial score (nSPS) is 19.3. The van der Waals surface area contributed by atoms with Crippen LogP contribution in [0.5, 0.6) is 0 Å². The molecule has 0 bridgehead atoms. The number of carbonyl (C=O) groups is 1. The predicted octanol–water partition coefficient (Wildman–Crippen LogP) is 6.99. The van der Waals surface area contributed by atoms with Crippen molar-refractivity contribution in [2.24, 2.45) is 0 Å². The zero-order chi connectivity index (χ0) is 33.7. The predicted molar refractivity (Wildman–Crippen MR) is 196 cm³/mol. The Morgan fingerprint density at radius 2 is 1.04 bits per heavy atom. The summed E-state index contributed by atoms with van der Waals surface area (Å²) in [7, 11) is -5.98. The van der Waals surface area contributed by atoms with E-state index in [2.05, 4.69) is 145 Å². The standard InChI is InChI=1S/C40H48O5Si2/c1-8-31-29-36(45-47(40(5,6)7,34-25-17-11-18-26-34)35-27-19-12-20-28-35)37(44-38(41)43-31)30-42-46(39(2,3)4,32-21-13-9-14-22-32)33-23-15-10-16-24-33/h8-28,31,36-37H,1,29-30H2,2-7H3/t31-,36+,37-/m1/s1. The van der Waals surface area contributed by atoms with E-state index in [1.54, 1.807) is 6.08 Å². The van der Waals surface area contributed by atoms with Gasteiger partial charge >= 0.3 is 6.16 Å². The number of ether oxygens (including phenoxy) is 2. The fraction of sp³-hybridized carbons (Fsp3) is 0.325. The van der Waals surface area contributed by atoms with Crippen LogP contribution < -0.4 is 20.7 Å². The topological polar surface area (TPSA) is 54.0 Å². The third-order valence-corrected chi connectivity index (χ3v) is 19.3. The minimum atomic E-state index is -3.03. The summed E-state index contributed by atoms with van der Waals surface area (Å²) in [5.41, 5.74) is 0. The molecule has 0 radical (unpaired) electrons. The number of carbonyl (C=O) groups excluding carboxylic acids is 1. The molecular weight excluding hydrogens is 617 g/mol. The second kappa shape index (κ2) is 14.2. The number of cyclic esters (lactones) is 2. The molecule has 0 saturated carbocycles. The largest absolute Gasteiger partial charge is 0.509 e. The average Bonchev–Trinajstić information content (AvgIpc) is 3.21. The molecule has 246 valence electrons. The highest BCUT2D eigenvalue weighted by Crippen LogP contribution is 2.40. The third kappa shape index (κ3) is 6.95. The van der Waals surface area contributed by atoms with Gasteiger partial charge in [0.15, 0.2) is 6.10 Å². The highest BCUT2D eigenvalue weighted by Gasteiger charge is 2.55. The van der Waals surface area contributed by atoms with Gasteiger partial charge in [0.05, 0.1) is 12.7 Å². The molecule has 0 amide bonds. The van der Waals surface area contributed by atoms with E-state index in [0.29, 0.717) is 6.42 Å².